The van der Waals surface area contributed by atoms with Gasteiger partial charge in [-0.3, -0.25) is 0 Å². The van der Waals surface area contributed by atoms with Crippen LogP contribution in [0.4, 0.5) is 26.3 Å². The molecule has 0 aliphatic rings. The van der Waals surface area contributed by atoms with E-state index >= 15 is 0 Å². The van der Waals surface area contributed by atoms with Gasteiger partial charge in [-0.2, -0.15) is 0 Å². The second kappa shape index (κ2) is 21.0. The van der Waals surface area contributed by atoms with Crippen LogP contribution in [-0.4, -0.2) is 21.5 Å². The summed E-state index contributed by atoms with van der Waals surface area (Å²) in [6.45, 7) is -9.93. The molecular formula is C60H51BF6O5P2. The van der Waals surface area contributed by atoms with Gasteiger partial charge in [-0.1, -0.05) is 0 Å². The molecule has 9 aromatic carbocycles. The molecule has 0 atom stereocenters. The number of ether oxygens (including phenoxy) is 2. The average Bonchev–Trinajstić information content (AvgIpc) is 3.45. The summed E-state index contributed by atoms with van der Waals surface area (Å²) in [5.74, 6) is 0.212. The summed E-state index contributed by atoms with van der Waals surface area (Å²) < 4.78 is 126. The standard InChI is InChI=1S/C60H51BF6O5P2/c1-68-57-39-23-21-25-46(57)44-73(51-27-9-3-10-28-51,52-29-11-4-12-30-52,53-31-13-5-14-32-53)71-61(70-50-42-48(59(62,63)64)41-49(43-50)60(65,66)67)72-74(54-33-15-6-16-34-54,55-35-17-7-18-36-55,56-37-19-8-20-38-56)45-47-26-22-24-40-58(47)69-2/h3-43H,44-45H2,1-2H3. The van der Waals surface area contributed by atoms with Gasteiger partial charge in [-0.25, -0.2) is 0 Å². The summed E-state index contributed by atoms with van der Waals surface area (Å²) in [4.78, 5) is 0. The second-order valence-corrected chi connectivity index (χ2v) is 26.7. The van der Waals surface area contributed by atoms with E-state index in [0.29, 0.717) is 66.6 Å². The first-order valence-electron chi connectivity index (χ1n) is 23.7. The Kier molecular flexibility index (Phi) is 14.6. The van der Waals surface area contributed by atoms with Gasteiger partial charge in [-0.15, -0.1) is 0 Å². The van der Waals surface area contributed by atoms with Gasteiger partial charge in [-0.05, 0) is 0 Å². The molecular weight excluding hydrogens is 987 g/mol. The van der Waals surface area contributed by atoms with Gasteiger partial charge in [0.15, 0.2) is 0 Å². The van der Waals surface area contributed by atoms with Crippen LogP contribution in [0.15, 0.2) is 249 Å². The molecule has 0 aliphatic heterocycles. The Morgan fingerprint density at radius 2 is 0.608 bits per heavy atom. The molecule has 0 fully saturated rings. The molecule has 0 radical (unpaired) electrons. The van der Waals surface area contributed by atoms with Gasteiger partial charge in [0, 0.05) is 0 Å². The zero-order valence-electron chi connectivity index (χ0n) is 40.4. The third kappa shape index (κ3) is 9.48. The van der Waals surface area contributed by atoms with Crippen molar-refractivity contribution in [1.82, 2.24) is 0 Å². The molecule has 0 unspecified atom stereocenters. The van der Waals surface area contributed by atoms with Crippen molar-refractivity contribution in [3.8, 4) is 17.2 Å². The van der Waals surface area contributed by atoms with E-state index < -0.39 is 50.2 Å². The third-order valence-electron chi connectivity index (χ3n) is 13.6. The Balaban J connectivity index is 1.49. The predicted octanol–water partition coefficient (Wildman–Crippen LogP) is 13.4. The molecule has 0 bridgehead atoms. The minimum absolute atomic E-state index is 0.0394. The number of para-hydroxylation sites is 2. The van der Waals surface area contributed by atoms with Crippen LogP contribution in [0, 0.1) is 0 Å². The van der Waals surface area contributed by atoms with Crippen molar-refractivity contribution in [2.24, 2.45) is 0 Å². The zero-order chi connectivity index (χ0) is 51.9. The molecule has 0 spiro atoms. The van der Waals surface area contributed by atoms with Crippen molar-refractivity contribution in [3.05, 3.63) is 271 Å². The van der Waals surface area contributed by atoms with Gasteiger partial charge in [0.25, 0.3) is 0 Å². The average molecular weight is 1040 g/mol. The molecule has 376 valence electrons. The maximum absolute atomic E-state index is 15.0. The van der Waals surface area contributed by atoms with Crippen LogP contribution < -0.4 is 46.0 Å². The zero-order valence-corrected chi connectivity index (χ0v) is 42.2. The van der Waals surface area contributed by atoms with Crippen molar-refractivity contribution in [1.29, 1.82) is 0 Å². The summed E-state index contributed by atoms with van der Waals surface area (Å²) in [5.41, 5.74) is -1.80. The van der Waals surface area contributed by atoms with Gasteiger partial charge in [0.1, 0.15) is 0 Å². The van der Waals surface area contributed by atoms with Gasteiger partial charge >= 0.3 is 429 Å². The van der Waals surface area contributed by atoms with Crippen LogP contribution in [-0.2, 0) is 33.6 Å². The minimum atomic E-state index is -5.22. The van der Waals surface area contributed by atoms with Crippen LogP contribution in [0.3, 0.4) is 0 Å². The molecule has 0 N–H and O–H groups in total. The number of hydrogen-bond donors (Lipinski definition) is 0. The summed E-state index contributed by atoms with van der Waals surface area (Å²) in [5, 5.41) is 3.85. The molecule has 5 nitrogen and oxygen atoms in total. The van der Waals surface area contributed by atoms with E-state index in [-0.39, 0.29) is 18.4 Å². The molecule has 0 saturated heterocycles. The Morgan fingerprint density at radius 1 is 0.351 bits per heavy atom. The molecule has 0 saturated carbocycles. The van der Waals surface area contributed by atoms with E-state index in [9.17, 15) is 26.3 Å². The first-order chi connectivity index (χ1) is 35.7. The normalized spacial score (nSPS) is 13.1. The predicted molar refractivity (Wildman–Crippen MR) is 289 cm³/mol. The Labute approximate surface area is 427 Å². The number of rotatable bonds is 18. The van der Waals surface area contributed by atoms with E-state index in [4.69, 9.17) is 23.0 Å². The SMILES string of the molecule is COc1ccccc1CP(OB(Oc1cc(C(F)(F)F)cc(C(F)(F)F)c1)OP(Cc1ccccc1OC)(c1ccccc1)(c1ccccc1)c1ccccc1)(c1ccccc1)(c1ccccc1)c1ccccc1. The fourth-order valence-corrected chi connectivity index (χ4v) is 21.6. The molecule has 74 heavy (non-hydrogen) atoms. The Bertz CT molecular complexity index is 2890. The maximum atomic E-state index is 15.0. The van der Waals surface area contributed by atoms with Crippen molar-refractivity contribution in [2.45, 2.75) is 24.7 Å². The Morgan fingerprint density at radius 3 is 0.865 bits per heavy atom. The van der Waals surface area contributed by atoms with Crippen molar-refractivity contribution in [3.63, 3.8) is 0 Å². The Hall–Kier alpha value is -7.20. The first-order valence-corrected chi connectivity index (χ1v) is 28.3. The molecule has 0 aromatic heterocycles. The summed E-state index contributed by atoms with van der Waals surface area (Å²) in [6.07, 6.45) is -10.4. The monoisotopic (exact) mass is 1040 g/mol. The quantitative estimate of drug-likeness (QED) is 0.0487. The van der Waals surface area contributed by atoms with Crippen molar-refractivity contribution >= 4 is 52.8 Å². The third-order valence-corrected chi connectivity index (χ3v) is 25.1. The van der Waals surface area contributed by atoms with Gasteiger partial charge < -0.3 is 0 Å². The van der Waals surface area contributed by atoms with E-state index in [1.54, 1.807) is 14.2 Å². The number of alkyl halides is 6. The molecule has 14 heteroatoms. The summed E-state index contributed by atoms with van der Waals surface area (Å²) in [7, 11) is 0.967. The first kappa shape index (κ1) is 51.7. The van der Waals surface area contributed by atoms with Crippen LogP contribution in [0.25, 0.3) is 0 Å². The number of halogens is 6. The van der Waals surface area contributed by atoms with Crippen LogP contribution in [0.5, 0.6) is 17.2 Å². The topological polar surface area (TPSA) is 46.2 Å². The van der Waals surface area contributed by atoms with E-state index in [1.807, 2.05) is 231 Å². The molecule has 9 rings (SSSR count). The fraction of sp³-hybridized carbons (Fsp3) is 0.100. The fourth-order valence-electron chi connectivity index (χ4n) is 10.2. The van der Waals surface area contributed by atoms with E-state index in [2.05, 4.69) is 0 Å². The molecule has 9 aromatic rings. The van der Waals surface area contributed by atoms with Crippen molar-refractivity contribution in [2.75, 3.05) is 14.2 Å². The van der Waals surface area contributed by atoms with Crippen molar-refractivity contribution < 1.29 is 49.4 Å². The van der Waals surface area contributed by atoms with E-state index in [1.165, 1.54) is 0 Å². The van der Waals surface area contributed by atoms with Gasteiger partial charge in [0.05, 0.1) is 0 Å². The molecule has 0 aliphatic carbocycles. The molecule has 0 amide bonds. The number of methoxy groups -OCH3 is 2. The van der Waals surface area contributed by atoms with Crippen LogP contribution in [0.1, 0.15) is 22.3 Å². The van der Waals surface area contributed by atoms with E-state index in [0.717, 1.165) is 0 Å². The summed E-state index contributed by atoms with van der Waals surface area (Å²) >= 11 is 0. The van der Waals surface area contributed by atoms with Crippen LogP contribution in [0.2, 0.25) is 0 Å². The van der Waals surface area contributed by atoms with Crippen LogP contribution >= 0.6 is 13.7 Å². The molecule has 0 heterocycles. The number of benzene rings is 9. The summed E-state index contributed by atoms with van der Waals surface area (Å²) in [6, 6.07) is 72.8. The second-order valence-electron chi connectivity index (χ2n) is 17.7. The number of hydrogen-bond acceptors (Lipinski definition) is 5. The van der Waals surface area contributed by atoms with Gasteiger partial charge in [0.2, 0.25) is 0 Å².